The number of ketones is 1. The van der Waals surface area contributed by atoms with Gasteiger partial charge in [-0.05, 0) is 6.42 Å². The van der Waals surface area contributed by atoms with Crippen LogP contribution >= 0.6 is 0 Å². The molecule has 2 amide bonds. The average Bonchev–Trinajstić information content (AvgIpc) is 3.15. The van der Waals surface area contributed by atoms with Crippen LogP contribution in [-0.2, 0) is 24.8 Å². The van der Waals surface area contributed by atoms with Crippen molar-refractivity contribution in [3.05, 3.63) is 35.4 Å². The first-order valence-corrected chi connectivity index (χ1v) is 7.43. The third-order valence-electron chi connectivity index (χ3n) is 4.71. The van der Waals surface area contributed by atoms with Crippen molar-refractivity contribution in [2.45, 2.75) is 18.3 Å². The third-order valence-corrected chi connectivity index (χ3v) is 4.71. The summed E-state index contributed by atoms with van der Waals surface area (Å²) < 4.78 is 16.3. The van der Waals surface area contributed by atoms with Crippen LogP contribution in [0.25, 0.3) is 0 Å². The van der Waals surface area contributed by atoms with Crippen molar-refractivity contribution in [2.24, 2.45) is 5.92 Å². The van der Waals surface area contributed by atoms with Gasteiger partial charge < -0.3 is 14.2 Å². The Morgan fingerprint density at radius 1 is 1.35 bits per heavy atom. The highest BCUT2D eigenvalue weighted by atomic mass is 16.7. The number of benzene rings is 1. The lowest BCUT2D eigenvalue weighted by atomic mass is 9.89. The number of amides is 2. The topological polar surface area (TPSA) is 82.1 Å². The molecule has 2 saturated heterocycles. The Morgan fingerprint density at radius 2 is 2.13 bits per heavy atom. The molecule has 2 fully saturated rings. The zero-order valence-electron chi connectivity index (χ0n) is 12.5. The summed E-state index contributed by atoms with van der Waals surface area (Å²) in [6.07, 6.45) is -1.22. The predicted molar refractivity (Wildman–Crippen MR) is 75.5 cm³/mol. The largest absolute Gasteiger partial charge is 0.447 e. The van der Waals surface area contributed by atoms with Crippen LogP contribution in [0.3, 0.4) is 0 Å². The van der Waals surface area contributed by atoms with Gasteiger partial charge in [-0.1, -0.05) is 24.3 Å². The number of hydrogen-bond acceptors (Lipinski definition) is 6. The van der Waals surface area contributed by atoms with Crippen LogP contribution in [0.2, 0.25) is 0 Å². The Bertz CT molecular complexity index is 716. The van der Waals surface area contributed by atoms with E-state index in [4.69, 9.17) is 14.2 Å². The van der Waals surface area contributed by atoms with Crippen molar-refractivity contribution >= 4 is 17.8 Å². The second-order valence-corrected chi connectivity index (χ2v) is 5.78. The van der Waals surface area contributed by atoms with Gasteiger partial charge in [0, 0.05) is 18.2 Å². The summed E-state index contributed by atoms with van der Waals surface area (Å²) in [4.78, 5) is 38.1. The molecule has 23 heavy (non-hydrogen) atoms. The van der Waals surface area contributed by atoms with E-state index >= 15 is 0 Å². The first-order valence-electron chi connectivity index (χ1n) is 7.43. The van der Waals surface area contributed by atoms with Gasteiger partial charge in [0.25, 0.3) is 0 Å². The number of carbonyl (C=O) groups excluding carboxylic acids is 3. The Kier molecular flexibility index (Phi) is 3.04. The molecule has 1 aromatic rings. The van der Waals surface area contributed by atoms with Crippen LogP contribution in [0.5, 0.6) is 0 Å². The Morgan fingerprint density at radius 3 is 2.83 bits per heavy atom. The summed E-state index contributed by atoms with van der Waals surface area (Å²) in [7, 11) is 1.44. The van der Waals surface area contributed by atoms with Gasteiger partial charge in [0.1, 0.15) is 18.6 Å². The second kappa shape index (κ2) is 4.87. The maximum absolute atomic E-state index is 12.8. The molecule has 4 rings (SSSR count). The number of methoxy groups -OCH3 is 1. The summed E-state index contributed by atoms with van der Waals surface area (Å²) >= 11 is 0. The fourth-order valence-corrected chi connectivity index (χ4v) is 3.64. The molecular formula is C16H15NO6. The van der Waals surface area contributed by atoms with Crippen LogP contribution in [0.4, 0.5) is 4.79 Å². The minimum Gasteiger partial charge on any atom is -0.447 e. The van der Waals surface area contributed by atoms with E-state index in [1.807, 2.05) is 0 Å². The van der Waals surface area contributed by atoms with Gasteiger partial charge in [0.2, 0.25) is 11.7 Å². The molecule has 3 atom stereocenters. The highest BCUT2D eigenvalue weighted by Gasteiger charge is 2.61. The van der Waals surface area contributed by atoms with E-state index in [1.165, 1.54) is 7.11 Å². The molecule has 0 radical (unpaired) electrons. The zero-order chi connectivity index (χ0) is 16.2. The average molecular weight is 317 g/mol. The van der Waals surface area contributed by atoms with E-state index < -0.39 is 29.8 Å². The van der Waals surface area contributed by atoms with Crippen molar-refractivity contribution in [1.82, 2.24) is 4.90 Å². The second-order valence-electron chi connectivity index (χ2n) is 5.78. The molecule has 0 unspecified atom stereocenters. The molecular weight excluding hydrogens is 302 g/mol. The Hall–Kier alpha value is -2.25. The van der Waals surface area contributed by atoms with Gasteiger partial charge in [0.05, 0.1) is 6.54 Å². The van der Waals surface area contributed by atoms with Crippen molar-refractivity contribution in [1.29, 1.82) is 0 Å². The molecule has 3 heterocycles. The van der Waals surface area contributed by atoms with E-state index in [0.29, 0.717) is 11.1 Å². The Balaban J connectivity index is 1.80. The van der Waals surface area contributed by atoms with E-state index in [-0.39, 0.29) is 25.4 Å². The van der Waals surface area contributed by atoms with Crippen LogP contribution in [0.15, 0.2) is 24.3 Å². The van der Waals surface area contributed by atoms with Crippen molar-refractivity contribution < 1.29 is 28.6 Å². The number of rotatable bonds is 2. The van der Waals surface area contributed by atoms with Crippen LogP contribution < -0.4 is 0 Å². The molecule has 3 aliphatic rings. The molecule has 0 aliphatic carbocycles. The van der Waals surface area contributed by atoms with Crippen molar-refractivity contribution in [2.75, 3.05) is 20.3 Å². The summed E-state index contributed by atoms with van der Waals surface area (Å²) in [6.45, 7) is 0.380. The van der Waals surface area contributed by atoms with Crippen LogP contribution in [-0.4, -0.2) is 49.0 Å². The van der Waals surface area contributed by atoms with Gasteiger partial charge in [-0.15, -0.1) is 0 Å². The quantitative estimate of drug-likeness (QED) is 0.811. The SMILES string of the molecule is CO[C@@]12O[C@@H](C[C@@H]1C(=O)N1CCOC1=O)C(=O)c1ccccc12. The standard InChI is InChI=1S/C16H15NO6/c1-21-16-10-5-3-2-4-9(10)13(18)12(23-16)8-11(16)14(19)17-6-7-22-15(17)20/h2-5,11-12H,6-8H2,1H3/t11-,12+,16+/m1/s1. The normalized spacial score (nSPS) is 32.0. The summed E-state index contributed by atoms with van der Waals surface area (Å²) in [5, 5.41) is 0. The number of hydrogen-bond donors (Lipinski definition) is 0. The Labute approximate surface area is 132 Å². The number of fused-ring (bicyclic) bond motifs is 4. The number of imide groups is 1. The van der Waals surface area contributed by atoms with Gasteiger partial charge in [0.15, 0.2) is 5.78 Å². The molecule has 7 nitrogen and oxygen atoms in total. The smallest absolute Gasteiger partial charge is 0.416 e. The molecule has 0 spiro atoms. The van der Waals surface area contributed by atoms with E-state index in [1.54, 1.807) is 24.3 Å². The molecule has 0 saturated carbocycles. The van der Waals surface area contributed by atoms with Gasteiger partial charge in [-0.3, -0.25) is 9.59 Å². The maximum atomic E-state index is 12.8. The summed E-state index contributed by atoms with van der Waals surface area (Å²) in [5.74, 6) is -2.69. The predicted octanol–water partition coefficient (Wildman–Crippen LogP) is 1.07. The third kappa shape index (κ3) is 1.80. The summed E-state index contributed by atoms with van der Waals surface area (Å²) in [5.41, 5.74) is 1.04. The van der Waals surface area contributed by atoms with Crippen LogP contribution in [0, 0.1) is 5.92 Å². The van der Waals surface area contributed by atoms with E-state index in [0.717, 1.165) is 4.90 Å². The van der Waals surface area contributed by atoms with Crippen LogP contribution in [0.1, 0.15) is 22.3 Å². The highest BCUT2D eigenvalue weighted by Crippen LogP contribution is 2.51. The number of cyclic esters (lactones) is 1. The fraction of sp³-hybridized carbons (Fsp3) is 0.438. The molecule has 0 N–H and O–H groups in total. The monoisotopic (exact) mass is 317 g/mol. The molecule has 120 valence electrons. The van der Waals surface area contributed by atoms with Gasteiger partial charge >= 0.3 is 6.09 Å². The highest BCUT2D eigenvalue weighted by molar-refractivity contribution is 6.04. The number of ether oxygens (including phenoxy) is 3. The lowest BCUT2D eigenvalue weighted by Crippen LogP contribution is -2.47. The lowest BCUT2D eigenvalue weighted by molar-refractivity contribution is -0.237. The first-order chi connectivity index (χ1) is 11.1. The van der Waals surface area contributed by atoms with Gasteiger partial charge in [-0.2, -0.15) is 0 Å². The fourth-order valence-electron chi connectivity index (χ4n) is 3.64. The minimum absolute atomic E-state index is 0.160. The molecule has 7 heteroatoms. The van der Waals surface area contributed by atoms with E-state index in [2.05, 4.69) is 0 Å². The molecule has 1 aromatic carbocycles. The van der Waals surface area contributed by atoms with Crippen molar-refractivity contribution in [3.63, 3.8) is 0 Å². The first kappa shape index (κ1) is 14.3. The molecule has 0 aromatic heterocycles. The molecule has 3 aliphatic heterocycles. The number of Topliss-reactive ketones (excluding diaryl/α,β-unsaturated/α-hetero) is 1. The lowest BCUT2D eigenvalue weighted by Gasteiger charge is -2.36. The minimum atomic E-state index is -1.34. The summed E-state index contributed by atoms with van der Waals surface area (Å²) in [6, 6.07) is 6.96. The number of nitrogens with zero attached hydrogens (tertiary/aromatic N) is 1. The van der Waals surface area contributed by atoms with E-state index in [9.17, 15) is 14.4 Å². The van der Waals surface area contributed by atoms with Gasteiger partial charge in [-0.25, -0.2) is 9.69 Å². The zero-order valence-corrected chi connectivity index (χ0v) is 12.5. The molecule has 2 bridgehead atoms. The number of carbonyl (C=O) groups is 3. The maximum Gasteiger partial charge on any atom is 0.416 e. The van der Waals surface area contributed by atoms with Crippen molar-refractivity contribution in [3.8, 4) is 0 Å².